The van der Waals surface area contributed by atoms with Gasteiger partial charge < -0.3 is 9.47 Å². The van der Waals surface area contributed by atoms with E-state index in [1.807, 2.05) is 32.0 Å². The van der Waals surface area contributed by atoms with Crippen molar-refractivity contribution in [3.05, 3.63) is 35.9 Å². The SMILES string of the molecule is CC(C)CCCCCCCCCCCCCCCOC(=O)c1ccccc1.CCCCCCCCCCCCCC(=O)OC(C)C. The first-order valence-corrected chi connectivity index (χ1v) is 19.8. The third-order valence-electron chi connectivity index (χ3n) is 8.52. The van der Waals surface area contributed by atoms with E-state index in [1.165, 1.54) is 148 Å². The van der Waals surface area contributed by atoms with E-state index in [4.69, 9.17) is 9.47 Å². The lowest BCUT2D eigenvalue weighted by Crippen LogP contribution is -2.10. The van der Waals surface area contributed by atoms with Crippen molar-refractivity contribution in [2.75, 3.05) is 6.61 Å². The molecule has 0 aliphatic rings. The summed E-state index contributed by atoms with van der Waals surface area (Å²) < 4.78 is 10.4. The summed E-state index contributed by atoms with van der Waals surface area (Å²) in [6.45, 7) is 11.3. The van der Waals surface area contributed by atoms with Crippen LogP contribution in [0, 0.1) is 5.92 Å². The van der Waals surface area contributed by atoms with Crippen LogP contribution in [0.25, 0.3) is 0 Å². The molecule has 1 rings (SSSR count). The second-order valence-corrected chi connectivity index (χ2v) is 14.1. The summed E-state index contributed by atoms with van der Waals surface area (Å²) in [6, 6.07) is 9.24. The number of rotatable bonds is 30. The lowest BCUT2D eigenvalue weighted by molar-refractivity contribution is -0.147. The molecule has 0 saturated heterocycles. The van der Waals surface area contributed by atoms with Crippen LogP contribution in [-0.4, -0.2) is 24.6 Å². The lowest BCUT2D eigenvalue weighted by Gasteiger charge is -2.07. The maximum absolute atomic E-state index is 11.8. The van der Waals surface area contributed by atoms with Gasteiger partial charge in [0.1, 0.15) is 0 Å². The van der Waals surface area contributed by atoms with E-state index in [0.717, 1.165) is 18.8 Å². The van der Waals surface area contributed by atoms with Crippen LogP contribution in [0.3, 0.4) is 0 Å². The van der Waals surface area contributed by atoms with Gasteiger partial charge in [0.05, 0.1) is 18.3 Å². The van der Waals surface area contributed by atoms with Crippen molar-refractivity contribution in [1.29, 1.82) is 0 Å². The van der Waals surface area contributed by atoms with Crippen LogP contribution in [0.4, 0.5) is 0 Å². The van der Waals surface area contributed by atoms with Crippen LogP contribution in [-0.2, 0) is 14.3 Å². The zero-order valence-electron chi connectivity index (χ0n) is 31.3. The second kappa shape index (κ2) is 34.5. The van der Waals surface area contributed by atoms with E-state index < -0.39 is 0 Å². The Kier molecular flexibility index (Phi) is 33.1. The average molecular weight is 645 g/mol. The zero-order valence-corrected chi connectivity index (χ0v) is 31.3. The lowest BCUT2D eigenvalue weighted by atomic mass is 10.0. The first-order chi connectivity index (χ1) is 22.4. The smallest absolute Gasteiger partial charge is 0.338 e. The van der Waals surface area contributed by atoms with Gasteiger partial charge in [-0.3, -0.25) is 4.79 Å². The number of unbranched alkanes of at least 4 members (excludes halogenated alkanes) is 22. The Morgan fingerprint density at radius 1 is 0.543 bits per heavy atom. The molecule has 0 bridgehead atoms. The Morgan fingerprint density at radius 2 is 0.957 bits per heavy atom. The van der Waals surface area contributed by atoms with Crippen LogP contribution in [0.1, 0.15) is 212 Å². The highest BCUT2D eigenvalue weighted by Crippen LogP contribution is 2.15. The molecule has 1 aromatic rings. The van der Waals surface area contributed by atoms with Crippen LogP contribution >= 0.6 is 0 Å². The van der Waals surface area contributed by atoms with E-state index in [-0.39, 0.29) is 18.0 Å². The monoisotopic (exact) mass is 645 g/mol. The molecule has 0 aromatic heterocycles. The van der Waals surface area contributed by atoms with Crippen LogP contribution in [0.15, 0.2) is 30.3 Å². The molecule has 46 heavy (non-hydrogen) atoms. The molecule has 0 heterocycles. The highest BCUT2D eigenvalue weighted by molar-refractivity contribution is 5.89. The number of carbonyl (C=O) groups excluding carboxylic acids is 2. The van der Waals surface area contributed by atoms with Crippen LogP contribution < -0.4 is 0 Å². The van der Waals surface area contributed by atoms with Crippen molar-refractivity contribution in [2.45, 2.75) is 208 Å². The van der Waals surface area contributed by atoms with Gasteiger partial charge in [-0.25, -0.2) is 4.79 Å². The molecule has 0 unspecified atom stereocenters. The molecule has 0 radical (unpaired) electrons. The minimum Gasteiger partial charge on any atom is -0.463 e. The average Bonchev–Trinajstić information content (AvgIpc) is 3.03. The predicted octanol–water partition coefficient (Wildman–Crippen LogP) is 13.6. The largest absolute Gasteiger partial charge is 0.463 e. The van der Waals surface area contributed by atoms with Gasteiger partial charge in [0, 0.05) is 6.42 Å². The molecule has 0 spiro atoms. The van der Waals surface area contributed by atoms with E-state index >= 15 is 0 Å². The molecular formula is C42H76O4. The molecule has 0 atom stereocenters. The van der Waals surface area contributed by atoms with Gasteiger partial charge in [-0.15, -0.1) is 0 Å². The third kappa shape index (κ3) is 33.5. The van der Waals surface area contributed by atoms with Gasteiger partial charge in [-0.05, 0) is 44.7 Å². The number of ether oxygens (including phenoxy) is 2. The highest BCUT2D eigenvalue weighted by atomic mass is 16.5. The fourth-order valence-corrected chi connectivity index (χ4v) is 5.68. The van der Waals surface area contributed by atoms with Gasteiger partial charge in [-0.2, -0.15) is 0 Å². The molecule has 0 N–H and O–H groups in total. The summed E-state index contributed by atoms with van der Waals surface area (Å²) in [7, 11) is 0. The molecule has 268 valence electrons. The van der Waals surface area contributed by atoms with Crippen LogP contribution in [0.2, 0.25) is 0 Å². The summed E-state index contributed by atoms with van der Waals surface area (Å²) in [5.41, 5.74) is 0.646. The number of benzene rings is 1. The quantitative estimate of drug-likeness (QED) is 0.0617. The van der Waals surface area contributed by atoms with Gasteiger partial charge in [0.2, 0.25) is 0 Å². The molecule has 0 saturated carbocycles. The Bertz CT molecular complexity index is 773. The fraction of sp³-hybridized carbons (Fsp3) is 0.810. The van der Waals surface area contributed by atoms with Crippen molar-refractivity contribution in [3.63, 3.8) is 0 Å². The summed E-state index contributed by atoms with van der Waals surface area (Å²) >= 11 is 0. The second-order valence-electron chi connectivity index (χ2n) is 14.1. The van der Waals surface area contributed by atoms with Gasteiger partial charge >= 0.3 is 11.9 Å². The van der Waals surface area contributed by atoms with Crippen LogP contribution in [0.5, 0.6) is 0 Å². The number of hydrogen-bond acceptors (Lipinski definition) is 4. The first kappa shape index (κ1) is 44.2. The Labute approximate surface area is 286 Å². The zero-order chi connectivity index (χ0) is 33.9. The van der Waals surface area contributed by atoms with E-state index in [1.54, 1.807) is 12.1 Å². The normalized spacial score (nSPS) is 11.0. The maximum Gasteiger partial charge on any atom is 0.338 e. The number of esters is 2. The summed E-state index contributed by atoms with van der Waals surface area (Å²) in [4.78, 5) is 23.1. The van der Waals surface area contributed by atoms with E-state index in [9.17, 15) is 9.59 Å². The fourth-order valence-electron chi connectivity index (χ4n) is 5.68. The van der Waals surface area contributed by atoms with Gasteiger partial charge in [-0.1, -0.05) is 187 Å². The number of hydrogen-bond donors (Lipinski definition) is 0. The van der Waals surface area contributed by atoms with Crippen molar-refractivity contribution < 1.29 is 19.1 Å². The Morgan fingerprint density at radius 3 is 1.39 bits per heavy atom. The minimum absolute atomic E-state index is 0.0280. The maximum atomic E-state index is 11.8. The van der Waals surface area contributed by atoms with E-state index in [0.29, 0.717) is 18.6 Å². The highest BCUT2D eigenvalue weighted by Gasteiger charge is 2.06. The topological polar surface area (TPSA) is 52.6 Å². The molecule has 4 heteroatoms. The van der Waals surface area contributed by atoms with Crippen molar-refractivity contribution in [2.24, 2.45) is 5.92 Å². The standard InChI is InChI=1S/C25H42O2.C17H34O2/c1-23(2)19-15-12-10-8-6-4-3-5-7-9-11-13-18-22-27-25(26)24-20-16-14-17-21-24;1-4-5-6-7-8-9-10-11-12-13-14-15-17(18)19-16(2)3/h14,16-17,20-21,23H,3-13,15,18-19,22H2,1-2H3;16H,4-15H2,1-3H3. The predicted molar refractivity (Wildman–Crippen MR) is 199 cm³/mol. The molecule has 4 nitrogen and oxygen atoms in total. The Hall–Kier alpha value is -1.84. The number of carbonyl (C=O) groups is 2. The summed E-state index contributed by atoms with van der Waals surface area (Å²) in [5, 5.41) is 0. The van der Waals surface area contributed by atoms with E-state index in [2.05, 4.69) is 20.8 Å². The van der Waals surface area contributed by atoms with Gasteiger partial charge in [0.25, 0.3) is 0 Å². The molecule has 0 aliphatic heterocycles. The van der Waals surface area contributed by atoms with Crippen molar-refractivity contribution >= 4 is 11.9 Å². The molecule has 1 aromatic carbocycles. The molecular weight excluding hydrogens is 568 g/mol. The first-order valence-electron chi connectivity index (χ1n) is 19.8. The summed E-state index contributed by atoms with van der Waals surface area (Å²) in [6.07, 6.45) is 33.9. The molecule has 0 fully saturated rings. The molecule has 0 amide bonds. The van der Waals surface area contributed by atoms with Gasteiger partial charge in [0.15, 0.2) is 0 Å². The molecule has 0 aliphatic carbocycles. The Balaban J connectivity index is 0.000000939. The van der Waals surface area contributed by atoms with Crippen molar-refractivity contribution in [3.8, 4) is 0 Å². The summed E-state index contributed by atoms with van der Waals surface area (Å²) in [5.74, 6) is 0.635. The third-order valence-corrected chi connectivity index (χ3v) is 8.52. The van der Waals surface area contributed by atoms with Crippen molar-refractivity contribution in [1.82, 2.24) is 0 Å². The minimum atomic E-state index is -0.199.